The van der Waals surface area contributed by atoms with Gasteiger partial charge >= 0.3 is 0 Å². The highest BCUT2D eigenvalue weighted by Gasteiger charge is 2.33. The van der Waals surface area contributed by atoms with Gasteiger partial charge in [-0.25, -0.2) is 0 Å². The van der Waals surface area contributed by atoms with E-state index in [2.05, 4.69) is 24.5 Å². The molecule has 166 valence electrons. The van der Waals surface area contributed by atoms with Crippen molar-refractivity contribution in [2.24, 2.45) is 5.92 Å². The highest BCUT2D eigenvalue weighted by molar-refractivity contribution is 6.41. The van der Waals surface area contributed by atoms with Gasteiger partial charge in [-0.05, 0) is 18.4 Å². The number of furan rings is 1. The predicted octanol–water partition coefficient (Wildman–Crippen LogP) is 7.19. The molecule has 1 unspecified atom stereocenters. The number of ketones is 2. The number of carbonyl (C=O) groups is 2. The molecule has 4 nitrogen and oxygen atoms in total. The number of fused-ring (bicyclic) bond motifs is 2. The van der Waals surface area contributed by atoms with Crippen LogP contribution in [0.1, 0.15) is 59.5 Å². The van der Waals surface area contributed by atoms with Crippen LogP contribution < -0.4 is 0 Å². The first kappa shape index (κ1) is 21.2. The number of carbonyl (C=O) groups excluding carboxylic acids is 2. The van der Waals surface area contributed by atoms with Gasteiger partial charge < -0.3 is 8.98 Å². The molecule has 1 aliphatic rings. The Balaban J connectivity index is 1.59. The Morgan fingerprint density at radius 2 is 1.61 bits per heavy atom. The van der Waals surface area contributed by atoms with Crippen molar-refractivity contribution in [3.05, 3.63) is 89.1 Å². The summed E-state index contributed by atoms with van der Waals surface area (Å²) < 4.78 is 8.39. The third-order valence-corrected chi connectivity index (χ3v) is 6.42. The second-order valence-corrected chi connectivity index (χ2v) is 8.92. The molecule has 0 amide bonds. The molecule has 4 heteroatoms. The fourth-order valence-corrected chi connectivity index (χ4v) is 4.64. The summed E-state index contributed by atoms with van der Waals surface area (Å²) in [5.74, 6) is 0.864. The van der Waals surface area contributed by atoms with Crippen LogP contribution in [0.25, 0.3) is 28.5 Å². The van der Waals surface area contributed by atoms with Crippen molar-refractivity contribution in [3.63, 3.8) is 0 Å². The molecule has 1 aliphatic carbocycles. The van der Waals surface area contributed by atoms with Crippen LogP contribution in [0.4, 0.5) is 0 Å². The number of hydrogen-bond acceptors (Lipinski definition) is 3. The minimum absolute atomic E-state index is 0.205. The van der Waals surface area contributed by atoms with Gasteiger partial charge in [-0.15, -0.1) is 0 Å². The second-order valence-electron chi connectivity index (χ2n) is 8.92. The zero-order chi connectivity index (χ0) is 22.9. The van der Waals surface area contributed by atoms with E-state index in [1.54, 1.807) is 30.3 Å². The van der Waals surface area contributed by atoms with Gasteiger partial charge in [0, 0.05) is 41.1 Å². The largest absolute Gasteiger partial charge is 0.454 e. The molecule has 2 aromatic carbocycles. The molecular formula is C29H27NO3. The molecule has 1 atom stereocenters. The summed E-state index contributed by atoms with van der Waals surface area (Å²) in [6, 6.07) is 21.1. The lowest BCUT2D eigenvalue weighted by molar-refractivity contribution is 0.0990. The van der Waals surface area contributed by atoms with Crippen LogP contribution in [0.15, 0.2) is 76.7 Å². The molecule has 33 heavy (non-hydrogen) atoms. The lowest BCUT2D eigenvalue weighted by Gasteiger charge is -2.15. The smallest absolute Gasteiger partial charge is 0.197 e. The standard InChI is InChI=1S/C29H27NO3/c1-3-4-10-19(2)18-30-21(15-24-28(31)22-13-8-9-14-23(22)29(24)32)16-27-25(30)17-26(33-27)20-11-6-5-7-12-20/h5-9,11-17,19H,3-4,10,18H2,1-2H3. The molecule has 2 aromatic heterocycles. The van der Waals surface area contributed by atoms with Gasteiger partial charge in [-0.1, -0.05) is 81.3 Å². The van der Waals surface area contributed by atoms with Gasteiger partial charge in [0.25, 0.3) is 0 Å². The molecule has 0 radical (unpaired) electrons. The average molecular weight is 438 g/mol. The Kier molecular flexibility index (Phi) is 5.59. The number of rotatable bonds is 7. The molecule has 0 saturated heterocycles. The van der Waals surface area contributed by atoms with Gasteiger partial charge in [-0.3, -0.25) is 9.59 Å². The first-order chi connectivity index (χ1) is 16.1. The maximum Gasteiger partial charge on any atom is 0.197 e. The lowest BCUT2D eigenvalue weighted by Crippen LogP contribution is -2.10. The van der Waals surface area contributed by atoms with Crippen LogP contribution in [0.5, 0.6) is 0 Å². The summed E-state index contributed by atoms with van der Waals surface area (Å²) in [6.07, 6.45) is 5.20. The fraction of sp³-hybridized carbons (Fsp3) is 0.241. The summed E-state index contributed by atoms with van der Waals surface area (Å²) >= 11 is 0. The van der Waals surface area contributed by atoms with E-state index < -0.39 is 0 Å². The van der Waals surface area contributed by atoms with Crippen LogP contribution in [-0.4, -0.2) is 16.1 Å². The average Bonchev–Trinajstić information content (AvgIpc) is 3.46. The maximum absolute atomic E-state index is 13.0. The highest BCUT2D eigenvalue weighted by Crippen LogP contribution is 2.34. The number of hydrogen-bond donors (Lipinski definition) is 0. The van der Waals surface area contributed by atoms with Crippen molar-refractivity contribution in [1.82, 2.24) is 4.57 Å². The Hall–Kier alpha value is -3.66. The summed E-state index contributed by atoms with van der Waals surface area (Å²) in [5, 5.41) is 0. The number of benzene rings is 2. The molecule has 0 fully saturated rings. The molecule has 2 heterocycles. The summed E-state index contributed by atoms with van der Waals surface area (Å²) in [7, 11) is 0. The summed E-state index contributed by atoms with van der Waals surface area (Å²) in [6.45, 7) is 5.25. The highest BCUT2D eigenvalue weighted by atomic mass is 16.3. The van der Waals surface area contributed by atoms with E-state index in [9.17, 15) is 9.59 Å². The SMILES string of the molecule is CCCCC(C)Cn1c(C=C2C(=O)c3ccccc3C2=O)cc2oc(-c3ccccc3)cc21. The number of allylic oxidation sites excluding steroid dienone is 1. The van der Waals surface area contributed by atoms with E-state index in [4.69, 9.17) is 4.42 Å². The van der Waals surface area contributed by atoms with Crippen molar-refractivity contribution < 1.29 is 14.0 Å². The Morgan fingerprint density at radius 1 is 0.939 bits per heavy atom. The van der Waals surface area contributed by atoms with E-state index in [-0.39, 0.29) is 17.1 Å². The molecule has 5 rings (SSSR count). The number of Topliss-reactive ketones (excluding diaryl/α,β-unsaturated/α-hetero) is 2. The fourth-order valence-electron chi connectivity index (χ4n) is 4.64. The zero-order valence-corrected chi connectivity index (χ0v) is 19.0. The first-order valence-electron chi connectivity index (χ1n) is 11.7. The zero-order valence-electron chi connectivity index (χ0n) is 19.0. The molecular weight excluding hydrogens is 410 g/mol. The molecule has 0 aliphatic heterocycles. The van der Waals surface area contributed by atoms with Crippen LogP contribution in [0.2, 0.25) is 0 Å². The Morgan fingerprint density at radius 3 is 2.27 bits per heavy atom. The minimum atomic E-state index is -0.205. The van der Waals surface area contributed by atoms with Crippen LogP contribution >= 0.6 is 0 Å². The molecule has 0 N–H and O–H groups in total. The predicted molar refractivity (Wildman–Crippen MR) is 131 cm³/mol. The van der Waals surface area contributed by atoms with E-state index in [1.165, 1.54) is 6.42 Å². The van der Waals surface area contributed by atoms with Crippen molar-refractivity contribution in [3.8, 4) is 11.3 Å². The minimum Gasteiger partial charge on any atom is -0.454 e. The van der Waals surface area contributed by atoms with Crippen molar-refractivity contribution in [1.29, 1.82) is 0 Å². The van der Waals surface area contributed by atoms with Crippen molar-refractivity contribution in [2.75, 3.05) is 0 Å². The molecule has 0 saturated carbocycles. The van der Waals surface area contributed by atoms with Gasteiger partial charge in [0.1, 0.15) is 5.76 Å². The number of unbranched alkanes of at least 4 members (excludes halogenated alkanes) is 1. The van der Waals surface area contributed by atoms with Gasteiger partial charge in [0.15, 0.2) is 17.1 Å². The summed E-state index contributed by atoms with van der Waals surface area (Å²) in [4.78, 5) is 25.9. The van der Waals surface area contributed by atoms with Gasteiger partial charge in [0.05, 0.1) is 11.1 Å². The van der Waals surface area contributed by atoms with Crippen LogP contribution in [0, 0.1) is 5.92 Å². The third-order valence-electron chi connectivity index (χ3n) is 6.42. The van der Waals surface area contributed by atoms with E-state index >= 15 is 0 Å². The van der Waals surface area contributed by atoms with Gasteiger partial charge in [0.2, 0.25) is 0 Å². The van der Waals surface area contributed by atoms with Crippen molar-refractivity contribution in [2.45, 2.75) is 39.7 Å². The quantitative estimate of drug-likeness (QED) is 0.227. The maximum atomic E-state index is 13.0. The van der Waals surface area contributed by atoms with E-state index in [0.29, 0.717) is 17.0 Å². The number of nitrogens with zero attached hydrogens (tertiary/aromatic N) is 1. The van der Waals surface area contributed by atoms with E-state index in [1.807, 2.05) is 36.4 Å². The monoisotopic (exact) mass is 437 g/mol. The normalized spacial score (nSPS) is 14.2. The van der Waals surface area contributed by atoms with Crippen molar-refractivity contribution >= 4 is 28.7 Å². The van der Waals surface area contributed by atoms with Gasteiger partial charge in [-0.2, -0.15) is 0 Å². The molecule has 0 bridgehead atoms. The van der Waals surface area contributed by atoms with Crippen LogP contribution in [0.3, 0.4) is 0 Å². The Labute approximate surface area is 193 Å². The second kappa shape index (κ2) is 8.70. The number of aromatic nitrogens is 1. The molecule has 4 aromatic rings. The Bertz CT molecular complexity index is 1330. The lowest BCUT2D eigenvalue weighted by atomic mass is 10.0. The van der Waals surface area contributed by atoms with E-state index in [0.717, 1.165) is 47.5 Å². The third kappa shape index (κ3) is 3.86. The first-order valence-corrected chi connectivity index (χ1v) is 11.7. The topological polar surface area (TPSA) is 52.2 Å². The summed E-state index contributed by atoms with van der Waals surface area (Å²) in [5.41, 5.74) is 4.80. The molecule has 0 spiro atoms. The van der Waals surface area contributed by atoms with Crippen LogP contribution in [-0.2, 0) is 6.54 Å².